The van der Waals surface area contributed by atoms with Crippen molar-refractivity contribution in [1.29, 1.82) is 0 Å². The van der Waals surface area contributed by atoms with Crippen molar-refractivity contribution in [3.8, 4) is 0 Å². The molecule has 2 aliphatic rings. The molecule has 1 atom stereocenters. The Balaban J connectivity index is 1.82. The molecule has 114 valence electrons. The zero-order valence-corrected chi connectivity index (χ0v) is 11.5. The zero-order chi connectivity index (χ0) is 15.1. The predicted octanol–water partition coefficient (Wildman–Crippen LogP) is 2.66. The molecule has 1 aliphatic carbocycles. The van der Waals surface area contributed by atoms with Crippen LogP contribution in [0.1, 0.15) is 24.0 Å². The van der Waals surface area contributed by atoms with E-state index >= 15 is 0 Å². The molecular formula is C15H17F3N2O. The molecule has 0 radical (unpaired) electrons. The van der Waals surface area contributed by atoms with Crippen molar-refractivity contribution < 1.29 is 18.0 Å². The molecule has 21 heavy (non-hydrogen) atoms. The van der Waals surface area contributed by atoms with Gasteiger partial charge in [0.25, 0.3) is 0 Å². The van der Waals surface area contributed by atoms with Gasteiger partial charge in [0.05, 0.1) is 0 Å². The highest BCUT2D eigenvalue weighted by atomic mass is 19.4. The Morgan fingerprint density at radius 3 is 2.67 bits per heavy atom. The van der Waals surface area contributed by atoms with Gasteiger partial charge >= 0.3 is 6.18 Å². The predicted molar refractivity (Wildman–Crippen MR) is 73.1 cm³/mol. The van der Waals surface area contributed by atoms with Crippen LogP contribution in [0.4, 0.5) is 18.9 Å². The van der Waals surface area contributed by atoms with Crippen LogP contribution >= 0.6 is 0 Å². The largest absolute Gasteiger partial charge is 0.404 e. The first-order valence-corrected chi connectivity index (χ1v) is 7.13. The van der Waals surface area contributed by atoms with Gasteiger partial charge in [0.1, 0.15) is 0 Å². The van der Waals surface area contributed by atoms with Gasteiger partial charge in [0.15, 0.2) is 5.41 Å². The molecule has 3 nitrogen and oxygen atoms in total. The number of alkyl halides is 3. The number of benzene rings is 1. The molecular weight excluding hydrogens is 281 g/mol. The van der Waals surface area contributed by atoms with Gasteiger partial charge in [-0.15, -0.1) is 0 Å². The molecule has 1 unspecified atom stereocenters. The number of carbonyl (C=O) groups is 1. The first-order chi connectivity index (χ1) is 9.92. The van der Waals surface area contributed by atoms with Crippen LogP contribution in [0.2, 0.25) is 0 Å². The van der Waals surface area contributed by atoms with Crippen molar-refractivity contribution in [3.63, 3.8) is 0 Å². The molecule has 1 fully saturated rings. The van der Waals surface area contributed by atoms with E-state index in [-0.39, 0.29) is 19.5 Å². The van der Waals surface area contributed by atoms with Crippen molar-refractivity contribution in [2.75, 3.05) is 18.4 Å². The fourth-order valence-electron chi connectivity index (χ4n) is 3.16. The maximum Gasteiger partial charge on any atom is 0.404 e. The molecule has 0 saturated carbocycles. The molecule has 6 heteroatoms. The second-order valence-corrected chi connectivity index (χ2v) is 5.80. The van der Waals surface area contributed by atoms with Crippen LogP contribution in [0.15, 0.2) is 18.2 Å². The number of amides is 1. The Morgan fingerprint density at radius 2 is 2.00 bits per heavy atom. The standard InChI is InChI=1S/C15H17F3N2O/c16-15(17,18)14(6-7-19-9-14)13(21)20-12-5-4-10-2-1-3-11(10)8-12/h4-5,8,19H,1-3,6-7,9H2,(H,20,21). The summed E-state index contributed by atoms with van der Waals surface area (Å²) < 4.78 is 39.9. The monoisotopic (exact) mass is 298 g/mol. The Kier molecular flexibility index (Phi) is 3.43. The number of hydrogen-bond acceptors (Lipinski definition) is 2. The third kappa shape index (κ3) is 2.41. The van der Waals surface area contributed by atoms with E-state index in [4.69, 9.17) is 0 Å². The van der Waals surface area contributed by atoms with E-state index in [1.807, 2.05) is 6.07 Å². The Bertz CT molecular complexity index is 563. The van der Waals surface area contributed by atoms with E-state index in [0.717, 1.165) is 24.8 Å². The molecule has 2 N–H and O–H groups in total. The smallest absolute Gasteiger partial charge is 0.325 e. The first-order valence-electron chi connectivity index (χ1n) is 7.13. The van der Waals surface area contributed by atoms with Crippen LogP contribution in [-0.2, 0) is 17.6 Å². The van der Waals surface area contributed by atoms with Gasteiger partial charge in [-0.3, -0.25) is 4.79 Å². The summed E-state index contributed by atoms with van der Waals surface area (Å²) >= 11 is 0. The van der Waals surface area contributed by atoms with E-state index in [9.17, 15) is 18.0 Å². The van der Waals surface area contributed by atoms with E-state index in [0.29, 0.717) is 5.69 Å². The van der Waals surface area contributed by atoms with Crippen LogP contribution in [0.3, 0.4) is 0 Å². The highest BCUT2D eigenvalue weighted by Gasteiger charge is 2.61. The number of carbonyl (C=O) groups excluding carboxylic acids is 1. The molecule has 3 rings (SSSR count). The number of halogens is 3. The van der Waals surface area contributed by atoms with Gasteiger partial charge in [-0.1, -0.05) is 6.07 Å². The molecule has 1 aromatic rings. The van der Waals surface area contributed by atoms with Gasteiger partial charge in [-0.2, -0.15) is 13.2 Å². The highest BCUT2D eigenvalue weighted by molar-refractivity contribution is 5.96. The molecule has 1 amide bonds. The molecule has 0 spiro atoms. The summed E-state index contributed by atoms with van der Waals surface area (Å²) in [6.45, 7) is -0.148. The van der Waals surface area contributed by atoms with Crippen LogP contribution in [-0.4, -0.2) is 25.2 Å². The average Bonchev–Trinajstić information content (AvgIpc) is 3.07. The highest BCUT2D eigenvalue weighted by Crippen LogP contribution is 2.43. The molecule has 1 aliphatic heterocycles. The molecule has 1 heterocycles. The Hall–Kier alpha value is -1.56. The van der Waals surface area contributed by atoms with Crippen LogP contribution in [0, 0.1) is 5.41 Å². The van der Waals surface area contributed by atoms with E-state index in [1.165, 1.54) is 5.56 Å². The third-order valence-electron chi connectivity index (χ3n) is 4.49. The summed E-state index contributed by atoms with van der Waals surface area (Å²) in [5, 5.41) is 5.11. The molecule has 1 saturated heterocycles. The minimum Gasteiger partial charge on any atom is -0.325 e. The maximum atomic E-state index is 13.3. The second-order valence-electron chi connectivity index (χ2n) is 5.80. The zero-order valence-electron chi connectivity index (χ0n) is 11.5. The van der Waals surface area contributed by atoms with Gasteiger partial charge in [0.2, 0.25) is 5.91 Å². The van der Waals surface area contributed by atoms with Crippen molar-refractivity contribution in [3.05, 3.63) is 29.3 Å². The lowest BCUT2D eigenvalue weighted by Crippen LogP contribution is -2.49. The van der Waals surface area contributed by atoms with E-state index < -0.39 is 17.5 Å². The van der Waals surface area contributed by atoms with Crippen LogP contribution in [0.25, 0.3) is 0 Å². The minimum absolute atomic E-state index is 0.205. The Morgan fingerprint density at radius 1 is 1.24 bits per heavy atom. The summed E-state index contributed by atoms with van der Waals surface area (Å²) in [7, 11) is 0. The van der Waals surface area contributed by atoms with Crippen molar-refractivity contribution in [2.45, 2.75) is 31.9 Å². The third-order valence-corrected chi connectivity index (χ3v) is 4.49. The summed E-state index contributed by atoms with van der Waals surface area (Å²) in [6.07, 6.45) is -1.78. The number of hydrogen-bond donors (Lipinski definition) is 2. The topological polar surface area (TPSA) is 41.1 Å². The van der Waals surface area contributed by atoms with Gasteiger partial charge < -0.3 is 10.6 Å². The fraction of sp³-hybridized carbons (Fsp3) is 0.533. The summed E-state index contributed by atoms with van der Waals surface area (Å²) in [5.74, 6) is -0.960. The lowest BCUT2D eigenvalue weighted by Gasteiger charge is -2.29. The maximum absolute atomic E-state index is 13.3. The summed E-state index contributed by atoms with van der Waals surface area (Å²) in [6, 6.07) is 5.38. The van der Waals surface area contributed by atoms with E-state index in [1.54, 1.807) is 12.1 Å². The van der Waals surface area contributed by atoms with Crippen LogP contribution in [0.5, 0.6) is 0 Å². The number of anilines is 1. The number of rotatable bonds is 2. The van der Waals surface area contributed by atoms with Gasteiger partial charge in [-0.05, 0) is 55.5 Å². The first kappa shape index (κ1) is 14.4. The van der Waals surface area contributed by atoms with Crippen molar-refractivity contribution >= 4 is 11.6 Å². The lowest BCUT2D eigenvalue weighted by atomic mass is 9.85. The normalized spacial score (nSPS) is 24.9. The average molecular weight is 298 g/mol. The van der Waals surface area contributed by atoms with Crippen molar-refractivity contribution in [2.24, 2.45) is 5.41 Å². The Labute approximate surface area is 120 Å². The molecule has 0 bridgehead atoms. The van der Waals surface area contributed by atoms with E-state index in [2.05, 4.69) is 10.6 Å². The number of nitrogens with one attached hydrogen (secondary N) is 2. The molecule has 1 aromatic carbocycles. The van der Waals surface area contributed by atoms with Crippen LogP contribution < -0.4 is 10.6 Å². The molecule has 0 aromatic heterocycles. The van der Waals surface area contributed by atoms with Gasteiger partial charge in [0, 0.05) is 12.2 Å². The quantitative estimate of drug-likeness (QED) is 0.881. The SMILES string of the molecule is O=C(Nc1ccc2c(c1)CCC2)C1(C(F)(F)F)CCNC1. The summed E-state index contributed by atoms with van der Waals surface area (Å²) in [5.41, 5.74) is 0.488. The van der Waals surface area contributed by atoms with Crippen molar-refractivity contribution in [1.82, 2.24) is 5.32 Å². The number of fused-ring (bicyclic) bond motifs is 1. The summed E-state index contributed by atoms with van der Waals surface area (Å²) in [4.78, 5) is 12.2. The minimum atomic E-state index is -4.54. The number of aryl methyl sites for hydroxylation is 2. The van der Waals surface area contributed by atoms with Gasteiger partial charge in [-0.25, -0.2) is 0 Å². The fourth-order valence-corrected chi connectivity index (χ4v) is 3.16. The lowest BCUT2D eigenvalue weighted by molar-refractivity contribution is -0.213. The second kappa shape index (κ2) is 5.02.